The molecule has 1 heterocycles. The van der Waals surface area contributed by atoms with Crippen molar-refractivity contribution >= 4 is 11.6 Å². The molecule has 72 valence electrons. The first-order valence-electron chi connectivity index (χ1n) is 4.91. The second-order valence-electron chi connectivity index (χ2n) is 4.03. The highest BCUT2D eigenvalue weighted by atomic mass is 35.5. The largest absolute Gasteiger partial charge is 0.378 e. The fourth-order valence-corrected chi connectivity index (χ4v) is 2.16. The van der Waals surface area contributed by atoms with E-state index in [1.54, 1.807) is 0 Å². The Hall–Kier alpha value is 0.250. The summed E-state index contributed by atoms with van der Waals surface area (Å²) in [4.78, 5) is 0. The maximum absolute atomic E-state index is 5.89. The van der Waals surface area contributed by atoms with Gasteiger partial charge < -0.3 is 4.74 Å². The Kier molecular flexibility index (Phi) is 4.38. The Morgan fingerprint density at radius 3 is 2.67 bits per heavy atom. The van der Waals surface area contributed by atoms with Crippen LogP contribution in [0, 0.1) is 11.8 Å². The van der Waals surface area contributed by atoms with Crippen LogP contribution in [0.1, 0.15) is 33.1 Å². The normalized spacial score (nSPS) is 26.5. The second kappa shape index (κ2) is 5.08. The minimum Gasteiger partial charge on any atom is -0.378 e. The summed E-state index contributed by atoms with van der Waals surface area (Å²) < 4.78 is 5.58. The fraction of sp³-hybridized carbons (Fsp3) is 1.00. The summed E-state index contributed by atoms with van der Waals surface area (Å²) in [6.07, 6.45) is 4.12. The minimum absolute atomic E-state index is 0.496. The van der Waals surface area contributed by atoms with Gasteiger partial charge in [0.2, 0.25) is 0 Å². The van der Waals surface area contributed by atoms with E-state index in [2.05, 4.69) is 13.8 Å². The van der Waals surface area contributed by atoms with Crippen LogP contribution in [-0.4, -0.2) is 18.6 Å². The topological polar surface area (TPSA) is 9.23 Å². The lowest BCUT2D eigenvalue weighted by molar-refractivity contribution is 0.0858. The Labute approximate surface area is 80.4 Å². The minimum atomic E-state index is 0.496. The van der Waals surface area contributed by atoms with E-state index in [1.807, 2.05) is 0 Å². The molecule has 0 spiro atoms. The van der Waals surface area contributed by atoms with Gasteiger partial charge in [0.05, 0.1) is 6.10 Å². The number of rotatable bonds is 4. The van der Waals surface area contributed by atoms with Gasteiger partial charge in [0.15, 0.2) is 0 Å². The fourth-order valence-electron chi connectivity index (χ4n) is 1.68. The highest BCUT2D eigenvalue weighted by molar-refractivity contribution is 6.18. The van der Waals surface area contributed by atoms with E-state index in [-0.39, 0.29) is 0 Å². The molecule has 0 N–H and O–H groups in total. The maximum Gasteiger partial charge on any atom is 0.0579 e. The van der Waals surface area contributed by atoms with Crippen molar-refractivity contribution in [2.45, 2.75) is 39.2 Å². The van der Waals surface area contributed by atoms with E-state index in [0.29, 0.717) is 17.9 Å². The van der Waals surface area contributed by atoms with Crippen molar-refractivity contribution in [2.75, 3.05) is 12.5 Å². The summed E-state index contributed by atoms with van der Waals surface area (Å²) in [6.45, 7) is 5.43. The van der Waals surface area contributed by atoms with Gasteiger partial charge in [0.25, 0.3) is 0 Å². The molecule has 1 nitrogen and oxygen atoms in total. The van der Waals surface area contributed by atoms with Gasteiger partial charge in [-0.2, -0.15) is 0 Å². The molecule has 1 aliphatic rings. The molecule has 0 bridgehead atoms. The molecule has 1 saturated heterocycles. The van der Waals surface area contributed by atoms with Gasteiger partial charge >= 0.3 is 0 Å². The molecule has 1 aliphatic heterocycles. The second-order valence-corrected chi connectivity index (χ2v) is 4.34. The number of ether oxygens (including phenoxy) is 1. The zero-order valence-corrected chi connectivity index (χ0v) is 8.81. The molecule has 0 aromatic carbocycles. The zero-order chi connectivity index (χ0) is 8.97. The Morgan fingerprint density at radius 1 is 1.50 bits per heavy atom. The summed E-state index contributed by atoms with van der Waals surface area (Å²) in [5, 5.41) is 0. The predicted molar refractivity (Wildman–Crippen MR) is 52.6 cm³/mol. The van der Waals surface area contributed by atoms with Crippen LogP contribution in [0.4, 0.5) is 0 Å². The lowest BCUT2D eigenvalue weighted by Crippen LogP contribution is -2.18. The molecule has 2 unspecified atom stereocenters. The summed E-state index contributed by atoms with van der Waals surface area (Å²) in [7, 11) is 0. The smallest absolute Gasteiger partial charge is 0.0579 e. The lowest BCUT2D eigenvalue weighted by Gasteiger charge is -2.21. The number of hydrogen-bond acceptors (Lipinski definition) is 1. The first kappa shape index (κ1) is 10.3. The Balaban J connectivity index is 2.26. The quantitative estimate of drug-likeness (QED) is 0.620. The van der Waals surface area contributed by atoms with Crippen molar-refractivity contribution in [1.29, 1.82) is 0 Å². The maximum atomic E-state index is 5.89. The summed E-state index contributed by atoms with van der Waals surface area (Å²) >= 11 is 5.89. The Bertz CT molecular complexity index is 119. The number of alkyl halides is 1. The first-order chi connectivity index (χ1) is 5.74. The third-order valence-corrected chi connectivity index (χ3v) is 3.13. The van der Waals surface area contributed by atoms with Crippen LogP contribution in [0.5, 0.6) is 0 Å². The standard InChI is InChI=1S/C10H19ClO/c1-8(2)9(7-11)6-10-4-3-5-12-10/h8-10H,3-7H2,1-2H3. The van der Waals surface area contributed by atoms with Gasteiger partial charge in [0.1, 0.15) is 0 Å². The average molecular weight is 191 g/mol. The van der Waals surface area contributed by atoms with Gasteiger partial charge in [-0.25, -0.2) is 0 Å². The van der Waals surface area contributed by atoms with Gasteiger partial charge in [-0.1, -0.05) is 13.8 Å². The molecule has 2 atom stereocenters. The first-order valence-corrected chi connectivity index (χ1v) is 5.45. The predicted octanol–water partition coefficient (Wildman–Crippen LogP) is 3.07. The Morgan fingerprint density at radius 2 is 2.25 bits per heavy atom. The molecule has 1 fully saturated rings. The van der Waals surface area contributed by atoms with Crippen molar-refractivity contribution in [3.63, 3.8) is 0 Å². The molecule has 0 aromatic rings. The van der Waals surface area contributed by atoms with E-state index in [1.165, 1.54) is 12.8 Å². The van der Waals surface area contributed by atoms with Crippen molar-refractivity contribution in [3.05, 3.63) is 0 Å². The highest BCUT2D eigenvalue weighted by Gasteiger charge is 2.21. The average Bonchev–Trinajstić information content (AvgIpc) is 2.51. The highest BCUT2D eigenvalue weighted by Crippen LogP contribution is 2.25. The SMILES string of the molecule is CC(C)C(CCl)CC1CCCO1. The molecule has 0 aromatic heterocycles. The van der Waals surface area contributed by atoms with Crippen LogP contribution in [-0.2, 0) is 4.74 Å². The van der Waals surface area contributed by atoms with E-state index in [0.717, 1.165) is 18.9 Å². The molecule has 12 heavy (non-hydrogen) atoms. The van der Waals surface area contributed by atoms with Crippen LogP contribution < -0.4 is 0 Å². The summed E-state index contributed by atoms with van der Waals surface area (Å²) in [5.74, 6) is 2.10. The number of halogens is 1. The van der Waals surface area contributed by atoms with E-state index in [4.69, 9.17) is 16.3 Å². The molecular weight excluding hydrogens is 172 g/mol. The number of hydrogen-bond donors (Lipinski definition) is 0. The van der Waals surface area contributed by atoms with Crippen LogP contribution in [0.3, 0.4) is 0 Å². The van der Waals surface area contributed by atoms with E-state index in [9.17, 15) is 0 Å². The van der Waals surface area contributed by atoms with Crippen LogP contribution >= 0.6 is 11.6 Å². The van der Waals surface area contributed by atoms with Gasteiger partial charge in [-0.3, -0.25) is 0 Å². The van der Waals surface area contributed by atoms with E-state index >= 15 is 0 Å². The van der Waals surface area contributed by atoms with Crippen molar-refractivity contribution in [2.24, 2.45) is 11.8 Å². The molecule has 0 radical (unpaired) electrons. The molecule has 0 amide bonds. The van der Waals surface area contributed by atoms with Gasteiger partial charge in [-0.05, 0) is 31.1 Å². The molecular formula is C10H19ClO. The third kappa shape index (κ3) is 2.95. The summed E-state index contributed by atoms with van der Waals surface area (Å²) in [6, 6.07) is 0. The molecule has 0 saturated carbocycles. The van der Waals surface area contributed by atoms with Gasteiger partial charge in [-0.15, -0.1) is 11.6 Å². The van der Waals surface area contributed by atoms with E-state index < -0.39 is 0 Å². The van der Waals surface area contributed by atoms with Crippen LogP contribution in [0.15, 0.2) is 0 Å². The monoisotopic (exact) mass is 190 g/mol. The van der Waals surface area contributed by atoms with Crippen molar-refractivity contribution < 1.29 is 4.74 Å². The molecule has 1 rings (SSSR count). The van der Waals surface area contributed by atoms with Crippen molar-refractivity contribution in [1.82, 2.24) is 0 Å². The zero-order valence-electron chi connectivity index (χ0n) is 8.05. The van der Waals surface area contributed by atoms with Crippen LogP contribution in [0.2, 0.25) is 0 Å². The van der Waals surface area contributed by atoms with Crippen LogP contribution in [0.25, 0.3) is 0 Å². The summed E-state index contributed by atoms with van der Waals surface area (Å²) in [5.41, 5.74) is 0. The molecule has 2 heteroatoms. The van der Waals surface area contributed by atoms with Gasteiger partial charge in [0, 0.05) is 12.5 Å². The third-order valence-electron chi connectivity index (χ3n) is 2.73. The van der Waals surface area contributed by atoms with Crippen molar-refractivity contribution in [3.8, 4) is 0 Å². The lowest BCUT2D eigenvalue weighted by atomic mass is 9.91. The molecule has 0 aliphatic carbocycles.